The Labute approximate surface area is 213 Å². The molecule has 14 heteroatoms. The average Bonchev–Trinajstić information content (AvgIpc) is 3.41. The van der Waals surface area contributed by atoms with Crippen molar-refractivity contribution < 1.29 is 35.9 Å². The summed E-state index contributed by atoms with van der Waals surface area (Å²) in [5, 5.41) is 5.36. The molecule has 38 heavy (non-hydrogen) atoms. The largest absolute Gasteiger partial charge is 0.454 e. The SMILES string of the molecule is O=C(c1ccc(CNc2nc(Nc3cccc(C(F)(F)F)c3)nc(OCC(F)(F)F)n2)cc1)N1CCCC1. The number of hydrogen-bond acceptors (Lipinski definition) is 7. The molecule has 4 rings (SSSR count). The third-order valence-corrected chi connectivity index (χ3v) is 5.47. The molecule has 2 aromatic carbocycles. The van der Waals surface area contributed by atoms with Crippen molar-refractivity contribution in [2.24, 2.45) is 0 Å². The molecule has 3 aromatic rings. The van der Waals surface area contributed by atoms with Gasteiger partial charge in [-0.2, -0.15) is 41.3 Å². The van der Waals surface area contributed by atoms with Crippen LogP contribution in [0.5, 0.6) is 6.01 Å². The predicted octanol–water partition coefficient (Wildman–Crippen LogP) is 5.42. The van der Waals surface area contributed by atoms with Crippen LogP contribution in [0.25, 0.3) is 0 Å². The molecule has 202 valence electrons. The minimum Gasteiger partial charge on any atom is -0.454 e. The second kappa shape index (κ2) is 11.1. The van der Waals surface area contributed by atoms with Crippen molar-refractivity contribution in [2.45, 2.75) is 31.7 Å². The van der Waals surface area contributed by atoms with Gasteiger partial charge in [-0.05, 0) is 48.7 Å². The third-order valence-electron chi connectivity index (χ3n) is 5.47. The van der Waals surface area contributed by atoms with Crippen LogP contribution in [0, 0.1) is 0 Å². The number of carbonyl (C=O) groups excluding carboxylic acids is 1. The fourth-order valence-electron chi connectivity index (χ4n) is 3.65. The minimum atomic E-state index is -4.66. The van der Waals surface area contributed by atoms with Crippen molar-refractivity contribution in [3.05, 3.63) is 65.2 Å². The molecular formula is C24H22F6N6O2. The Morgan fingerprint density at radius 2 is 1.61 bits per heavy atom. The molecule has 0 bridgehead atoms. The molecule has 1 aromatic heterocycles. The van der Waals surface area contributed by atoms with Gasteiger partial charge in [-0.1, -0.05) is 18.2 Å². The maximum Gasteiger partial charge on any atom is 0.422 e. The molecule has 0 atom stereocenters. The van der Waals surface area contributed by atoms with Gasteiger partial charge in [-0.25, -0.2) is 0 Å². The Bertz CT molecular complexity index is 1260. The zero-order valence-electron chi connectivity index (χ0n) is 19.7. The van der Waals surface area contributed by atoms with E-state index in [1.54, 1.807) is 29.2 Å². The number of nitrogens with zero attached hydrogens (tertiary/aromatic N) is 4. The number of anilines is 3. The van der Waals surface area contributed by atoms with Crippen molar-refractivity contribution in [1.82, 2.24) is 19.9 Å². The number of alkyl halides is 6. The molecule has 0 saturated carbocycles. The molecule has 1 aliphatic rings. The van der Waals surface area contributed by atoms with Crippen molar-refractivity contribution in [1.29, 1.82) is 0 Å². The highest BCUT2D eigenvalue weighted by Crippen LogP contribution is 2.31. The second-order valence-electron chi connectivity index (χ2n) is 8.42. The van der Waals surface area contributed by atoms with E-state index >= 15 is 0 Å². The zero-order chi connectivity index (χ0) is 27.3. The zero-order valence-corrected chi connectivity index (χ0v) is 19.7. The molecule has 1 aliphatic heterocycles. The summed E-state index contributed by atoms with van der Waals surface area (Å²) in [6.45, 7) is -0.107. The number of rotatable bonds is 8. The molecule has 1 saturated heterocycles. The summed E-state index contributed by atoms with van der Waals surface area (Å²) in [6, 6.07) is 10.2. The van der Waals surface area contributed by atoms with Crippen LogP contribution in [0.1, 0.15) is 34.3 Å². The summed E-state index contributed by atoms with van der Waals surface area (Å²) in [4.78, 5) is 25.8. The van der Waals surface area contributed by atoms with Gasteiger partial charge in [0, 0.05) is 30.9 Å². The van der Waals surface area contributed by atoms with Crippen LogP contribution in [-0.4, -0.2) is 51.6 Å². The molecule has 2 heterocycles. The molecular weight excluding hydrogens is 518 g/mol. The van der Waals surface area contributed by atoms with Crippen LogP contribution in [0.3, 0.4) is 0 Å². The molecule has 8 nitrogen and oxygen atoms in total. The van der Waals surface area contributed by atoms with Gasteiger partial charge in [0.25, 0.3) is 5.91 Å². The maximum absolute atomic E-state index is 13.0. The maximum atomic E-state index is 13.0. The summed E-state index contributed by atoms with van der Waals surface area (Å²) in [5.74, 6) is -0.564. The Morgan fingerprint density at radius 3 is 2.26 bits per heavy atom. The number of hydrogen-bond donors (Lipinski definition) is 2. The van der Waals surface area contributed by atoms with E-state index in [1.165, 1.54) is 6.07 Å². The van der Waals surface area contributed by atoms with Gasteiger partial charge in [0.15, 0.2) is 6.61 Å². The predicted molar refractivity (Wildman–Crippen MR) is 125 cm³/mol. The van der Waals surface area contributed by atoms with Crippen LogP contribution < -0.4 is 15.4 Å². The van der Waals surface area contributed by atoms with E-state index < -0.39 is 30.5 Å². The lowest BCUT2D eigenvalue weighted by Gasteiger charge is -2.15. The number of nitrogens with one attached hydrogen (secondary N) is 2. The molecule has 0 unspecified atom stereocenters. The van der Waals surface area contributed by atoms with Crippen molar-refractivity contribution in [2.75, 3.05) is 30.3 Å². The van der Waals surface area contributed by atoms with E-state index in [9.17, 15) is 31.1 Å². The molecule has 2 N–H and O–H groups in total. The van der Waals surface area contributed by atoms with Gasteiger partial charge in [0.2, 0.25) is 11.9 Å². The van der Waals surface area contributed by atoms with Gasteiger partial charge >= 0.3 is 18.4 Å². The highest BCUT2D eigenvalue weighted by Gasteiger charge is 2.31. The first-order valence-electron chi connectivity index (χ1n) is 11.5. The fourth-order valence-corrected chi connectivity index (χ4v) is 3.65. The summed E-state index contributed by atoms with van der Waals surface area (Å²) >= 11 is 0. The van der Waals surface area contributed by atoms with Crippen LogP contribution >= 0.6 is 0 Å². The molecule has 1 fully saturated rings. The van der Waals surface area contributed by atoms with Crippen LogP contribution in [0.15, 0.2) is 48.5 Å². The Kier molecular flexibility index (Phi) is 7.88. The van der Waals surface area contributed by atoms with Crippen LogP contribution in [0.2, 0.25) is 0 Å². The summed E-state index contributed by atoms with van der Waals surface area (Å²) < 4.78 is 81.6. The van der Waals surface area contributed by atoms with Gasteiger partial charge in [-0.3, -0.25) is 4.79 Å². The Morgan fingerprint density at radius 1 is 0.921 bits per heavy atom. The van der Waals surface area contributed by atoms with Crippen molar-refractivity contribution >= 4 is 23.5 Å². The highest BCUT2D eigenvalue weighted by molar-refractivity contribution is 5.94. The lowest BCUT2D eigenvalue weighted by molar-refractivity contribution is -0.154. The van der Waals surface area contributed by atoms with Crippen molar-refractivity contribution in [3.8, 4) is 6.01 Å². The number of aromatic nitrogens is 3. The number of ether oxygens (including phenoxy) is 1. The van der Waals surface area contributed by atoms with Gasteiger partial charge < -0.3 is 20.3 Å². The number of halogens is 6. The average molecular weight is 540 g/mol. The summed E-state index contributed by atoms with van der Waals surface area (Å²) in [7, 11) is 0. The van der Waals surface area contributed by atoms with E-state index in [0.717, 1.165) is 44.1 Å². The smallest absolute Gasteiger partial charge is 0.422 e. The Balaban J connectivity index is 1.49. The number of amides is 1. The van der Waals surface area contributed by atoms with Crippen LogP contribution in [0.4, 0.5) is 43.9 Å². The number of benzene rings is 2. The number of likely N-dealkylation sites (tertiary alicyclic amines) is 1. The van der Waals surface area contributed by atoms with Crippen molar-refractivity contribution in [3.63, 3.8) is 0 Å². The second-order valence-corrected chi connectivity index (χ2v) is 8.42. The monoisotopic (exact) mass is 540 g/mol. The van der Waals surface area contributed by atoms with E-state index in [1.807, 2.05) is 0 Å². The van der Waals surface area contributed by atoms with Gasteiger partial charge in [0.05, 0.1) is 5.56 Å². The van der Waals surface area contributed by atoms with Gasteiger partial charge in [0.1, 0.15) is 0 Å². The van der Waals surface area contributed by atoms with E-state index in [2.05, 4.69) is 30.3 Å². The first kappa shape index (κ1) is 26.9. The topological polar surface area (TPSA) is 92.3 Å². The Hall–Kier alpha value is -4.10. The van der Waals surface area contributed by atoms with E-state index in [0.29, 0.717) is 11.1 Å². The van der Waals surface area contributed by atoms with Gasteiger partial charge in [-0.15, -0.1) is 0 Å². The lowest BCUT2D eigenvalue weighted by atomic mass is 10.1. The van der Waals surface area contributed by atoms with Crippen LogP contribution in [-0.2, 0) is 12.7 Å². The molecule has 1 amide bonds. The number of carbonyl (C=O) groups is 1. The normalized spacial score (nSPS) is 13.9. The summed E-state index contributed by atoms with van der Waals surface area (Å²) in [6.07, 6.45) is -7.32. The minimum absolute atomic E-state index is 0.0444. The van der Waals surface area contributed by atoms with E-state index in [4.69, 9.17) is 0 Å². The molecule has 0 aliphatic carbocycles. The first-order chi connectivity index (χ1) is 18.0. The quantitative estimate of drug-likeness (QED) is 0.369. The molecule has 0 spiro atoms. The highest BCUT2D eigenvalue weighted by atomic mass is 19.4. The fraction of sp³-hybridized carbons (Fsp3) is 0.333. The standard InChI is InChI=1S/C24H22F6N6O2/c25-23(26,27)14-38-22-34-20(33-21(35-22)32-18-5-3-4-17(12-18)24(28,29)30)31-13-15-6-8-16(9-7-15)19(37)36-10-1-2-11-36/h3-9,12H,1-2,10-11,13-14H2,(H2,31,32,33,34,35). The summed E-state index contributed by atoms with van der Waals surface area (Å²) in [5.41, 5.74) is 0.270. The first-order valence-corrected chi connectivity index (χ1v) is 11.5. The molecule has 0 radical (unpaired) electrons. The third kappa shape index (κ3) is 7.46. The lowest BCUT2D eigenvalue weighted by Crippen LogP contribution is -2.27. The van der Waals surface area contributed by atoms with E-state index in [-0.39, 0.29) is 30.0 Å².